The normalized spacial score (nSPS) is 10.7. The summed E-state index contributed by atoms with van der Waals surface area (Å²) in [6.45, 7) is 0. The van der Waals surface area contributed by atoms with E-state index in [0.717, 1.165) is 17.4 Å². The average Bonchev–Trinajstić information content (AvgIpc) is 2.80. The van der Waals surface area contributed by atoms with E-state index in [1.807, 2.05) is 24.3 Å². The summed E-state index contributed by atoms with van der Waals surface area (Å²) in [4.78, 5) is 14.0. The van der Waals surface area contributed by atoms with Crippen LogP contribution in [0.2, 0.25) is 0 Å². The van der Waals surface area contributed by atoms with E-state index >= 15 is 0 Å². The molecule has 4 nitrogen and oxygen atoms in total. The van der Waals surface area contributed by atoms with Gasteiger partial charge in [-0.3, -0.25) is 4.79 Å². The molecule has 15 heavy (non-hydrogen) atoms. The number of rotatable bonds is 3. The Morgan fingerprint density at radius 1 is 1.20 bits per heavy atom. The highest BCUT2D eigenvalue weighted by molar-refractivity contribution is 5.74. The summed E-state index contributed by atoms with van der Waals surface area (Å²) in [6, 6.07) is 7.47. The minimum atomic E-state index is 0.487. The van der Waals surface area contributed by atoms with Crippen LogP contribution < -0.4 is 0 Å². The molecule has 0 bridgehead atoms. The summed E-state index contributed by atoms with van der Waals surface area (Å²) >= 11 is 0. The highest BCUT2D eigenvalue weighted by Crippen LogP contribution is 2.16. The lowest BCUT2D eigenvalue weighted by molar-refractivity contribution is -0.104. The van der Waals surface area contributed by atoms with Crippen molar-refractivity contribution >= 4 is 12.4 Å². The summed E-state index contributed by atoms with van der Waals surface area (Å²) in [5.41, 5.74) is 1.81. The molecule has 1 heterocycles. The monoisotopic (exact) mass is 200 g/mol. The molecule has 2 rings (SSSR count). The molecular formula is C11H8N2O2. The van der Waals surface area contributed by atoms with E-state index in [-0.39, 0.29) is 0 Å². The van der Waals surface area contributed by atoms with Gasteiger partial charge in [-0.25, -0.2) is 0 Å². The molecule has 0 aliphatic heterocycles. The molecule has 0 saturated carbocycles. The molecule has 0 aliphatic carbocycles. The Balaban J connectivity index is 2.24. The van der Waals surface area contributed by atoms with Gasteiger partial charge in [-0.1, -0.05) is 23.4 Å². The number of nitrogens with zero attached hydrogens (tertiary/aromatic N) is 2. The van der Waals surface area contributed by atoms with Crippen molar-refractivity contribution in [3.05, 3.63) is 42.2 Å². The molecule has 0 N–H and O–H groups in total. The second-order valence-electron chi connectivity index (χ2n) is 2.86. The Morgan fingerprint density at radius 3 is 2.60 bits per heavy atom. The van der Waals surface area contributed by atoms with E-state index in [0.29, 0.717) is 5.89 Å². The first-order valence-corrected chi connectivity index (χ1v) is 4.39. The van der Waals surface area contributed by atoms with E-state index in [2.05, 4.69) is 10.1 Å². The van der Waals surface area contributed by atoms with Crippen LogP contribution >= 0.6 is 0 Å². The number of allylic oxidation sites excluding steroid dienone is 1. The Morgan fingerprint density at radius 2 is 2.00 bits per heavy atom. The van der Waals surface area contributed by atoms with Crippen LogP contribution in [0.15, 0.2) is 41.2 Å². The van der Waals surface area contributed by atoms with Crippen LogP contribution in [-0.2, 0) is 4.79 Å². The summed E-state index contributed by atoms with van der Waals surface area (Å²) in [7, 11) is 0. The lowest BCUT2D eigenvalue weighted by atomic mass is 10.1. The van der Waals surface area contributed by atoms with Crippen LogP contribution in [0.25, 0.3) is 17.5 Å². The second kappa shape index (κ2) is 4.32. The number of carbonyl (C=O) groups excluding carboxylic acids is 1. The van der Waals surface area contributed by atoms with Crippen LogP contribution in [-0.4, -0.2) is 16.4 Å². The zero-order valence-electron chi connectivity index (χ0n) is 7.83. The second-order valence-corrected chi connectivity index (χ2v) is 2.86. The van der Waals surface area contributed by atoms with Gasteiger partial charge in [0.2, 0.25) is 0 Å². The fourth-order valence-corrected chi connectivity index (χ4v) is 1.19. The quantitative estimate of drug-likeness (QED) is 0.561. The highest BCUT2D eigenvalue weighted by atomic mass is 16.5. The van der Waals surface area contributed by atoms with Gasteiger partial charge in [-0.15, -0.1) is 0 Å². The molecule has 0 atom stereocenters. The van der Waals surface area contributed by atoms with Gasteiger partial charge in [-0.2, -0.15) is 4.98 Å². The van der Waals surface area contributed by atoms with E-state index in [4.69, 9.17) is 4.52 Å². The third kappa shape index (κ3) is 2.17. The number of carbonyl (C=O) groups is 1. The number of aromatic nitrogens is 2. The van der Waals surface area contributed by atoms with E-state index in [1.165, 1.54) is 12.4 Å². The minimum absolute atomic E-state index is 0.487. The summed E-state index contributed by atoms with van der Waals surface area (Å²) in [5, 5.41) is 3.52. The third-order valence-corrected chi connectivity index (χ3v) is 1.89. The van der Waals surface area contributed by atoms with Gasteiger partial charge >= 0.3 is 0 Å². The standard InChI is InChI=1S/C11H8N2O2/c14-7-1-2-9-3-5-10(6-4-9)11-12-8-13-15-11/h1-8H. The first-order chi connectivity index (χ1) is 7.40. The Kier molecular flexibility index (Phi) is 2.69. The molecule has 0 fully saturated rings. The molecule has 2 aromatic rings. The van der Waals surface area contributed by atoms with Crippen LogP contribution in [0.3, 0.4) is 0 Å². The van der Waals surface area contributed by atoms with Crippen molar-refractivity contribution in [1.29, 1.82) is 0 Å². The van der Waals surface area contributed by atoms with Gasteiger partial charge in [-0.05, 0) is 23.8 Å². The number of hydrogen-bond acceptors (Lipinski definition) is 4. The van der Waals surface area contributed by atoms with E-state index in [9.17, 15) is 4.79 Å². The molecule has 1 aromatic heterocycles. The van der Waals surface area contributed by atoms with Crippen molar-refractivity contribution < 1.29 is 9.32 Å². The summed E-state index contributed by atoms with van der Waals surface area (Å²) in [5.74, 6) is 0.487. The van der Waals surface area contributed by atoms with Crippen LogP contribution in [0, 0.1) is 0 Å². The molecule has 74 valence electrons. The minimum Gasteiger partial charge on any atom is -0.334 e. The molecule has 1 aromatic carbocycles. The van der Waals surface area contributed by atoms with Crippen LogP contribution in [0.5, 0.6) is 0 Å². The predicted octanol–water partition coefficient (Wildman–Crippen LogP) is 1.95. The van der Waals surface area contributed by atoms with Crippen molar-refractivity contribution in [2.24, 2.45) is 0 Å². The Bertz CT molecular complexity index is 458. The van der Waals surface area contributed by atoms with Crippen molar-refractivity contribution in [2.75, 3.05) is 0 Å². The van der Waals surface area contributed by atoms with Gasteiger partial charge in [0, 0.05) is 5.56 Å². The van der Waals surface area contributed by atoms with E-state index in [1.54, 1.807) is 6.08 Å². The fourth-order valence-electron chi connectivity index (χ4n) is 1.19. The van der Waals surface area contributed by atoms with Gasteiger partial charge in [0.1, 0.15) is 6.29 Å². The molecular weight excluding hydrogens is 192 g/mol. The maximum Gasteiger partial charge on any atom is 0.257 e. The van der Waals surface area contributed by atoms with Crippen molar-refractivity contribution in [3.63, 3.8) is 0 Å². The lowest BCUT2D eigenvalue weighted by Gasteiger charge is -1.95. The maximum absolute atomic E-state index is 10.1. The Labute approximate surface area is 86.2 Å². The highest BCUT2D eigenvalue weighted by Gasteiger charge is 2.01. The zero-order valence-corrected chi connectivity index (χ0v) is 7.83. The van der Waals surface area contributed by atoms with Crippen molar-refractivity contribution in [1.82, 2.24) is 10.1 Å². The van der Waals surface area contributed by atoms with Gasteiger partial charge in [0.25, 0.3) is 5.89 Å². The zero-order chi connectivity index (χ0) is 10.5. The molecule has 0 radical (unpaired) electrons. The number of benzene rings is 1. The smallest absolute Gasteiger partial charge is 0.257 e. The molecule has 0 saturated heterocycles. The van der Waals surface area contributed by atoms with Gasteiger partial charge < -0.3 is 4.52 Å². The van der Waals surface area contributed by atoms with Crippen LogP contribution in [0.1, 0.15) is 5.56 Å². The Hall–Kier alpha value is -2.23. The molecule has 4 heteroatoms. The molecule has 0 spiro atoms. The summed E-state index contributed by atoms with van der Waals surface area (Å²) in [6.07, 6.45) is 5.27. The van der Waals surface area contributed by atoms with E-state index < -0.39 is 0 Å². The number of aldehydes is 1. The predicted molar refractivity (Wildman–Crippen MR) is 54.8 cm³/mol. The molecule has 0 aliphatic rings. The first kappa shape index (κ1) is 9.33. The SMILES string of the molecule is O=CC=Cc1ccc(-c2ncno2)cc1. The topological polar surface area (TPSA) is 56.0 Å². The molecule has 0 unspecified atom stereocenters. The van der Waals surface area contributed by atoms with Crippen molar-refractivity contribution in [2.45, 2.75) is 0 Å². The fraction of sp³-hybridized carbons (Fsp3) is 0. The first-order valence-electron chi connectivity index (χ1n) is 4.39. The largest absolute Gasteiger partial charge is 0.334 e. The lowest BCUT2D eigenvalue weighted by Crippen LogP contribution is -1.77. The average molecular weight is 200 g/mol. The van der Waals surface area contributed by atoms with Gasteiger partial charge in [0.05, 0.1) is 0 Å². The third-order valence-electron chi connectivity index (χ3n) is 1.89. The number of hydrogen-bond donors (Lipinski definition) is 0. The summed E-state index contributed by atoms with van der Waals surface area (Å²) < 4.78 is 4.91. The van der Waals surface area contributed by atoms with Crippen molar-refractivity contribution in [3.8, 4) is 11.5 Å². The molecule has 0 amide bonds. The van der Waals surface area contributed by atoms with Gasteiger partial charge in [0.15, 0.2) is 6.33 Å². The van der Waals surface area contributed by atoms with Crippen LogP contribution in [0.4, 0.5) is 0 Å². The maximum atomic E-state index is 10.1.